The van der Waals surface area contributed by atoms with Crippen molar-refractivity contribution in [3.05, 3.63) is 65.5 Å². The number of carbonyl (C=O) groups is 3. The summed E-state index contributed by atoms with van der Waals surface area (Å²) in [5.41, 5.74) is 0.957. The first-order chi connectivity index (χ1) is 11.5. The Bertz CT molecular complexity index is 759. The number of ether oxygens (including phenoxy) is 1. The van der Waals surface area contributed by atoms with Gasteiger partial charge in [0.1, 0.15) is 5.82 Å². The highest BCUT2D eigenvalue weighted by molar-refractivity contribution is 6.39. The number of carbonyl (C=O) groups excluding carboxylic acids is 3. The zero-order chi connectivity index (χ0) is 17.5. The average Bonchev–Trinajstić information content (AvgIpc) is 2.60. The van der Waals surface area contributed by atoms with E-state index in [0.717, 1.165) is 0 Å². The van der Waals surface area contributed by atoms with Gasteiger partial charge in [-0.3, -0.25) is 9.59 Å². The largest absolute Gasteiger partial charge is 0.465 e. The second kappa shape index (κ2) is 7.87. The van der Waals surface area contributed by atoms with Gasteiger partial charge in [-0.1, -0.05) is 24.3 Å². The predicted octanol–water partition coefficient (Wildman–Crippen LogP) is 1.87. The molecule has 0 aromatic heterocycles. The van der Waals surface area contributed by atoms with E-state index in [-0.39, 0.29) is 23.6 Å². The van der Waals surface area contributed by atoms with Crippen molar-refractivity contribution < 1.29 is 23.5 Å². The summed E-state index contributed by atoms with van der Waals surface area (Å²) in [6.07, 6.45) is 0. The normalized spacial score (nSPS) is 9.92. The summed E-state index contributed by atoms with van der Waals surface area (Å²) < 4.78 is 17.4. The molecule has 0 bridgehead atoms. The first kappa shape index (κ1) is 17.1. The van der Waals surface area contributed by atoms with Crippen LogP contribution in [0, 0.1) is 5.82 Å². The average molecular weight is 330 g/mol. The number of hydrogen-bond donors (Lipinski definition) is 2. The van der Waals surface area contributed by atoms with Crippen LogP contribution in [0.3, 0.4) is 0 Å². The molecular formula is C17H15FN2O4. The van der Waals surface area contributed by atoms with Gasteiger partial charge in [0.05, 0.1) is 18.4 Å². The maximum absolute atomic E-state index is 12.8. The van der Waals surface area contributed by atoms with E-state index in [1.165, 1.54) is 43.5 Å². The van der Waals surface area contributed by atoms with E-state index in [1.807, 2.05) is 0 Å². The Hall–Kier alpha value is -3.22. The Balaban J connectivity index is 1.98. The van der Waals surface area contributed by atoms with Crippen molar-refractivity contribution in [3.8, 4) is 0 Å². The molecule has 2 aromatic carbocycles. The van der Waals surface area contributed by atoms with E-state index in [4.69, 9.17) is 0 Å². The van der Waals surface area contributed by atoms with Gasteiger partial charge in [0.15, 0.2) is 0 Å². The van der Waals surface area contributed by atoms with Gasteiger partial charge in [-0.05, 0) is 29.8 Å². The maximum Gasteiger partial charge on any atom is 0.339 e. The second-order valence-corrected chi connectivity index (χ2v) is 4.80. The van der Waals surface area contributed by atoms with E-state index in [2.05, 4.69) is 15.4 Å². The summed E-state index contributed by atoms with van der Waals surface area (Å²) in [7, 11) is 1.22. The lowest BCUT2D eigenvalue weighted by atomic mass is 10.2. The van der Waals surface area contributed by atoms with E-state index < -0.39 is 17.8 Å². The zero-order valence-corrected chi connectivity index (χ0v) is 12.8. The number of methoxy groups -OCH3 is 1. The van der Waals surface area contributed by atoms with Crippen LogP contribution in [0.2, 0.25) is 0 Å². The maximum atomic E-state index is 12.8. The SMILES string of the molecule is COC(=O)c1ccccc1NC(=O)C(=O)NCc1ccc(F)cc1. The van der Waals surface area contributed by atoms with Crippen LogP contribution in [0.25, 0.3) is 0 Å². The Morgan fingerprint density at radius 1 is 1.00 bits per heavy atom. The summed E-state index contributed by atoms with van der Waals surface area (Å²) in [5, 5.41) is 4.77. The van der Waals surface area contributed by atoms with Crippen LogP contribution in [0.5, 0.6) is 0 Å². The number of amides is 2. The van der Waals surface area contributed by atoms with E-state index in [1.54, 1.807) is 12.1 Å². The Morgan fingerprint density at radius 2 is 1.67 bits per heavy atom. The van der Waals surface area contributed by atoms with E-state index in [9.17, 15) is 18.8 Å². The number of esters is 1. The monoisotopic (exact) mass is 330 g/mol. The molecule has 124 valence electrons. The van der Waals surface area contributed by atoms with Crippen molar-refractivity contribution in [1.29, 1.82) is 0 Å². The van der Waals surface area contributed by atoms with Crippen molar-refractivity contribution in [1.82, 2.24) is 5.32 Å². The van der Waals surface area contributed by atoms with E-state index in [0.29, 0.717) is 5.56 Å². The fourth-order valence-corrected chi connectivity index (χ4v) is 1.92. The summed E-state index contributed by atoms with van der Waals surface area (Å²) in [5.74, 6) is -2.81. The van der Waals surface area contributed by atoms with Crippen molar-refractivity contribution in [2.45, 2.75) is 6.54 Å². The Kier molecular flexibility index (Phi) is 5.62. The van der Waals surface area contributed by atoms with E-state index >= 15 is 0 Å². The van der Waals surface area contributed by atoms with Gasteiger partial charge in [0, 0.05) is 6.54 Å². The van der Waals surface area contributed by atoms with Gasteiger partial charge in [0.2, 0.25) is 0 Å². The molecule has 0 saturated heterocycles. The Morgan fingerprint density at radius 3 is 2.33 bits per heavy atom. The van der Waals surface area contributed by atoms with Crippen LogP contribution in [0.15, 0.2) is 48.5 Å². The highest BCUT2D eigenvalue weighted by atomic mass is 19.1. The quantitative estimate of drug-likeness (QED) is 0.662. The van der Waals surface area contributed by atoms with Crippen LogP contribution in [-0.2, 0) is 20.9 Å². The molecule has 24 heavy (non-hydrogen) atoms. The lowest BCUT2D eigenvalue weighted by Crippen LogP contribution is -2.35. The molecule has 2 N–H and O–H groups in total. The molecular weight excluding hydrogens is 315 g/mol. The fourth-order valence-electron chi connectivity index (χ4n) is 1.92. The lowest BCUT2D eigenvalue weighted by Gasteiger charge is -2.09. The van der Waals surface area contributed by atoms with Gasteiger partial charge in [-0.25, -0.2) is 9.18 Å². The van der Waals surface area contributed by atoms with Crippen LogP contribution in [-0.4, -0.2) is 24.9 Å². The molecule has 0 aliphatic heterocycles. The first-order valence-corrected chi connectivity index (χ1v) is 7.02. The number of para-hydroxylation sites is 1. The third-order valence-corrected chi connectivity index (χ3v) is 3.15. The van der Waals surface area contributed by atoms with Gasteiger partial charge < -0.3 is 15.4 Å². The molecule has 6 nitrogen and oxygen atoms in total. The molecule has 0 atom stereocenters. The molecule has 0 fully saturated rings. The van der Waals surface area contributed by atoms with Crippen molar-refractivity contribution in [3.63, 3.8) is 0 Å². The molecule has 2 amide bonds. The van der Waals surface area contributed by atoms with Gasteiger partial charge in [0.25, 0.3) is 0 Å². The van der Waals surface area contributed by atoms with Crippen molar-refractivity contribution in [2.24, 2.45) is 0 Å². The number of hydrogen-bond acceptors (Lipinski definition) is 4. The van der Waals surface area contributed by atoms with Crippen molar-refractivity contribution in [2.75, 3.05) is 12.4 Å². The molecule has 0 radical (unpaired) electrons. The minimum atomic E-state index is -0.923. The van der Waals surface area contributed by atoms with Crippen molar-refractivity contribution >= 4 is 23.5 Å². The molecule has 0 aliphatic carbocycles. The molecule has 0 aliphatic rings. The minimum absolute atomic E-state index is 0.0746. The third kappa shape index (κ3) is 4.39. The number of nitrogens with one attached hydrogen (secondary N) is 2. The van der Waals surface area contributed by atoms with Crippen LogP contribution in [0.1, 0.15) is 15.9 Å². The number of anilines is 1. The smallest absolute Gasteiger partial charge is 0.339 e. The summed E-state index contributed by atoms with van der Waals surface area (Å²) in [4.78, 5) is 35.4. The zero-order valence-electron chi connectivity index (χ0n) is 12.8. The topological polar surface area (TPSA) is 84.5 Å². The third-order valence-electron chi connectivity index (χ3n) is 3.15. The lowest BCUT2D eigenvalue weighted by molar-refractivity contribution is -0.136. The number of rotatable bonds is 4. The molecule has 2 rings (SSSR count). The number of benzene rings is 2. The molecule has 0 unspecified atom stereocenters. The summed E-state index contributed by atoms with van der Waals surface area (Å²) in [6, 6.07) is 11.7. The second-order valence-electron chi connectivity index (χ2n) is 4.80. The summed E-state index contributed by atoms with van der Waals surface area (Å²) in [6.45, 7) is 0.0746. The Labute approximate surface area is 137 Å². The molecule has 0 spiro atoms. The highest BCUT2D eigenvalue weighted by Crippen LogP contribution is 2.15. The molecule has 0 saturated carbocycles. The van der Waals surface area contributed by atoms with Crippen LogP contribution < -0.4 is 10.6 Å². The predicted molar refractivity (Wildman–Crippen MR) is 84.7 cm³/mol. The van der Waals surface area contributed by atoms with Gasteiger partial charge >= 0.3 is 17.8 Å². The minimum Gasteiger partial charge on any atom is -0.465 e. The highest BCUT2D eigenvalue weighted by Gasteiger charge is 2.17. The fraction of sp³-hybridized carbons (Fsp3) is 0.118. The molecule has 0 heterocycles. The molecule has 2 aromatic rings. The van der Waals surface area contributed by atoms with Gasteiger partial charge in [-0.15, -0.1) is 0 Å². The number of halogens is 1. The van der Waals surface area contributed by atoms with Gasteiger partial charge in [-0.2, -0.15) is 0 Å². The van der Waals surface area contributed by atoms with Crippen LogP contribution in [0.4, 0.5) is 10.1 Å². The van der Waals surface area contributed by atoms with Crippen LogP contribution >= 0.6 is 0 Å². The summed E-state index contributed by atoms with van der Waals surface area (Å²) >= 11 is 0. The molecule has 7 heteroatoms. The standard InChI is InChI=1S/C17H15FN2O4/c1-24-17(23)13-4-2-3-5-14(13)20-16(22)15(21)19-10-11-6-8-12(18)9-7-11/h2-9H,10H2,1H3,(H,19,21)(H,20,22). The first-order valence-electron chi connectivity index (χ1n) is 7.02.